The van der Waals surface area contributed by atoms with Gasteiger partial charge in [-0.05, 0) is 31.2 Å². The number of phenols is 4. The lowest BCUT2D eigenvalue weighted by molar-refractivity contribution is -0.271. The number of carbonyl (C=O) groups excluding carboxylic acids is 3. The molecule has 1 heterocycles. The molecule has 3 aromatic carbocycles. The highest BCUT2D eigenvalue weighted by molar-refractivity contribution is 6.13. The monoisotopic (exact) mass is 554 g/mol. The van der Waals surface area contributed by atoms with Crippen LogP contribution in [-0.2, 0) is 19.0 Å². The van der Waals surface area contributed by atoms with Gasteiger partial charge in [0.1, 0.15) is 34.3 Å². The van der Waals surface area contributed by atoms with Crippen molar-refractivity contribution in [3.05, 3.63) is 77.4 Å². The number of phenolic OH excluding ortho intramolecular Hbond substituents is 4. The Balaban J connectivity index is 1.68. The van der Waals surface area contributed by atoms with Gasteiger partial charge in [-0.2, -0.15) is 0 Å². The van der Waals surface area contributed by atoms with E-state index in [1.807, 2.05) is 0 Å². The zero-order valence-corrected chi connectivity index (χ0v) is 21.3. The largest absolute Gasteiger partial charge is 0.508 e. The van der Waals surface area contributed by atoms with Gasteiger partial charge in [0.15, 0.2) is 18.3 Å². The van der Waals surface area contributed by atoms with Gasteiger partial charge in [-0.25, -0.2) is 4.79 Å². The minimum absolute atomic E-state index is 0.160. The summed E-state index contributed by atoms with van der Waals surface area (Å²) in [5.74, 6) is -5.00. The first-order valence-electron chi connectivity index (χ1n) is 12.0. The van der Waals surface area contributed by atoms with E-state index in [9.17, 15) is 39.9 Å². The molecule has 1 fully saturated rings. The van der Waals surface area contributed by atoms with Crippen molar-refractivity contribution in [2.24, 2.45) is 0 Å². The standard InChI is InChI=1S/C28H26O12/c1-13-25(38-14(2)29)26(40-27(36)15-6-4-3-5-7-15)24(35)28(37-13)39-21-12-19(32)11-20(33)22(21)23(34)16-8-17(30)10-18(31)9-16/h3-13,24-26,28,30-33,35H,1-2H3/t13-,24+,25-,26-,28-/m0/s1. The third kappa shape index (κ3) is 6.08. The molecule has 12 heteroatoms. The SMILES string of the molecule is CC(=O)O[C@@H]1[C@@H](OC(=O)c2ccccc2)[C@@H](O)[C@H](Oc2cc(O)cc(O)c2C(=O)c2cc(O)cc(O)c2)O[C@H]1C. The van der Waals surface area contributed by atoms with E-state index >= 15 is 0 Å². The number of aliphatic hydroxyl groups is 1. The quantitative estimate of drug-likeness (QED) is 0.212. The van der Waals surface area contributed by atoms with E-state index in [1.165, 1.54) is 19.1 Å². The number of hydrogen-bond donors (Lipinski definition) is 5. The molecule has 4 rings (SSSR count). The minimum Gasteiger partial charge on any atom is -0.508 e. The Labute approximate surface area is 227 Å². The van der Waals surface area contributed by atoms with E-state index in [0.717, 1.165) is 37.3 Å². The Hall–Kier alpha value is -4.81. The normalized spacial score (nSPS) is 22.2. The number of carbonyl (C=O) groups is 3. The van der Waals surface area contributed by atoms with E-state index in [2.05, 4.69) is 0 Å². The van der Waals surface area contributed by atoms with Crippen LogP contribution in [0, 0.1) is 0 Å². The molecule has 210 valence electrons. The van der Waals surface area contributed by atoms with Crippen LogP contribution in [0.4, 0.5) is 0 Å². The number of ether oxygens (including phenoxy) is 4. The summed E-state index contributed by atoms with van der Waals surface area (Å²) < 4.78 is 22.2. The molecule has 0 radical (unpaired) electrons. The summed E-state index contributed by atoms with van der Waals surface area (Å²) >= 11 is 0. The number of hydrogen-bond acceptors (Lipinski definition) is 12. The molecule has 0 aliphatic carbocycles. The molecule has 5 atom stereocenters. The maximum Gasteiger partial charge on any atom is 0.338 e. The van der Waals surface area contributed by atoms with Crippen LogP contribution in [0.15, 0.2) is 60.7 Å². The van der Waals surface area contributed by atoms with Crippen molar-refractivity contribution in [1.82, 2.24) is 0 Å². The summed E-state index contributed by atoms with van der Waals surface area (Å²) in [4.78, 5) is 37.8. The lowest BCUT2D eigenvalue weighted by Gasteiger charge is -2.42. The van der Waals surface area contributed by atoms with Crippen molar-refractivity contribution in [3.8, 4) is 28.7 Å². The van der Waals surface area contributed by atoms with Gasteiger partial charge in [0.25, 0.3) is 0 Å². The van der Waals surface area contributed by atoms with E-state index in [4.69, 9.17) is 18.9 Å². The smallest absolute Gasteiger partial charge is 0.338 e. The van der Waals surface area contributed by atoms with Gasteiger partial charge < -0.3 is 44.5 Å². The minimum atomic E-state index is -1.79. The van der Waals surface area contributed by atoms with E-state index < -0.39 is 82.7 Å². The van der Waals surface area contributed by atoms with Crippen molar-refractivity contribution in [1.29, 1.82) is 0 Å². The molecule has 0 aromatic heterocycles. The molecule has 0 unspecified atom stereocenters. The number of benzene rings is 3. The fourth-order valence-corrected chi connectivity index (χ4v) is 4.24. The molecule has 1 saturated heterocycles. The maximum atomic E-state index is 13.3. The highest BCUT2D eigenvalue weighted by atomic mass is 16.7. The second kappa shape index (κ2) is 11.5. The lowest BCUT2D eigenvalue weighted by Crippen LogP contribution is -2.60. The van der Waals surface area contributed by atoms with Gasteiger partial charge in [0, 0.05) is 30.7 Å². The van der Waals surface area contributed by atoms with Crippen LogP contribution in [0.3, 0.4) is 0 Å². The first-order valence-corrected chi connectivity index (χ1v) is 12.0. The number of ketones is 1. The van der Waals surface area contributed by atoms with Crippen LogP contribution in [0.5, 0.6) is 28.7 Å². The van der Waals surface area contributed by atoms with Gasteiger partial charge in [-0.15, -0.1) is 0 Å². The molecule has 0 bridgehead atoms. The Morgan fingerprint density at radius 3 is 2.05 bits per heavy atom. The van der Waals surface area contributed by atoms with Crippen LogP contribution in [0.1, 0.15) is 40.1 Å². The molecule has 5 N–H and O–H groups in total. The van der Waals surface area contributed by atoms with Crippen LogP contribution < -0.4 is 4.74 Å². The topological polar surface area (TPSA) is 189 Å². The first-order chi connectivity index (χ1) is 18.9. The van der Waals surface area contributed by atoms with Crippen molar-refractivity contribution < 1.29 is 58.9 Å². The van der Waals surface area contributed by atoms with E-state index in [1.54, 1.807) is 18.2 Å². The predicted octanol–water partition coefficient (Wildman–Crippen LogP) is 2.38. The first kappa shape index (κ1) is 28.2. The molecule has 12 nitrogen and oxygen atoms in total. The van der Waals surface area contributed by atoms with Crippen molar-refractivity contribution in [2.45, 2.75) is 44.6 Å². The molecular weight excluding hydrogens is 528 g/mol. The Morgan fingerprint density at radius 1 is 0.800 bits per heavy atom. The van der Waals surface area contributed by atoms with Crippen LogP contribution in [0.25, 0.3) is 0 Å². The average molecular weight is 555 g/mol. The molecule has 0 spiro atoms. The Kier molecular flexibility index (Phi) is 8.12. The number of esters is 2. The summed E-state index contributed by atoms with van der Waals surface area (Å²) in [6.45, 7) is 2.60. The Morgan fingerprint density at radius 2 is 1.43 bits per heavy atom. The summed E-state index contributed by atoms with van der Waals surface area (Å²) in [6.07, 6.45) is -7.17. The number of aliphatic hydroxyl groups excluding tert-OH is 1. The van der Waals surface area contributed by atoms with Crippen LogP contribution in [-0.4, -0.2) is 74.0 Å². The molecule has 0 saturated carbocycles. The van der Waals surface area contributed by atoms with Crippen molar-refractivity contribution >= 4 is 17.7 Å². The van der Waals surface area contributed by atoms with Crippen LogP contribution >= 0.6 is 0 Å². The fourth-order valence-electron chi connectivity index (χ4n) is 4.24. The summed E-state index contributed by atoms with van der Waals surface area (Å²) in [5, 5.41) is 51.3. The van der Waals surface area contributed by atoms with Gasteiger partial charge in [0.05, 0.1) is 11.7 Å². The molecule has 1 aliphatic rings. The average Bonchev–Trinajstić information content (AvgIpc) is 2.88. The van der Waals surface area contributed by atoms with Gasteiger partial charge in [-0.1, -0.05) is 18.2 Å². The van der Waals surface area contributed by atoms with E-state index in [-0.39, 0.29) is 11.1 Å². The number of aromatic hydroxyl groups is 4. The van der Waals surface area contributed by atoms with Crippen LogP contribution in [0.2, 0.25) is 0 Å². The highest BCUT2D eigenvalue weighted by Crippen LogP contribution is 2.38. The maximum absolute atomic E-state index is 13.3. The highest BCUT2D eigenvalue weighted by Gasteiger charge is 2.49. The second-order valence-corrected chi connectivity index (χ2v) is 9.03. The molecule has 1 aliphatic heterocycles. The van der Waals surface area contributed by atoms with Crippen molar-refractivity contribution in [3.63, 3.8) is 0 Å². The summed E-state index contributed by atoms with van der Waals surface area (Å²) in [6, 6.07) is 12.8. The second-order valence-electron chi connectivity index (χ2n) is 9.03. The van der Waals surface area contributed by atoms with Gasteiger partial charge >= 0.3 is 11.9 Å². The van der Waals surface area contributed by atoms with Gasteiger partial charge in [0.2, 0.25) is 12.1 Å². The third-order valence-electron chi connectivity index (χ3n) is 6.01. The zero-order valence-electron chi connectivity index (χ0n) is 21.3. The molecular formula is C28H26O12. The number of rotatable bonds is 7. The molecule has 0 amide bonds. The lowest BCUT2D eigenvalue weighted by atomic mass is 9.98. The third-order valence-corrected chi connectivity index (χ3v) is 6.01. The molecule has 3 aromatic rings. The molecule has 40 heavy (non-hydrogen) atoms. The zero-order chi connectivity index (χ0) is 29.1. The van der Waals surface area contributed by atoms with Gasteiger partial charge in [-0.3, -0.25) is 9.59 Å². The fraction of sp³-hybridized carbons (Fsp3) is 0.250. The van der Waals surface area contributed by atoms with E-state index in [0.29, 0.717) is 0 Å². The predicted molar refractivity (Wildman–Crippen MR) is 135 cm³/mol. The Bertz CT molecular complexity index is 1400. The van der Waals surface area contributed by atoms with Crippen molar-refractivity contribution in [2.75, 3.05) is 0 Å². The summed E-state index contributed by atoms with van der Waals surface area (Å²) in [7, 11) is 0. The summed E-state index contributed by atoms with van der Waals surface area (Å²) in [5.41, 5.74) is -0.564.